The average molecular weight is 248 g/mol. The van der Waals surface area contributed by atoms with Gasteiger partial charge in [-0.05, 0) is 13.3 Å². The molecule has 2 unspecified atom stereocenters. The van der Waals surface area contributed by atoms with Crippen molar-refractivity contribution in [3.8, 4) is 0 Å². The molecule has 0 aliphatic heterocycles. The number of amides is 1. The third kappa shape index (κ3) is 8.09. The Balaban J connectivity index is 3.88. The zero-order valence-electron chi connectivity index (χ0n) is 10.9. The zero-order valence-corrected chi connectivity index (χ0v) is 10.9. The minimum Gasteiger partial charge on any atom is -0.388 e. The summed E-state index contributed by atoms with van der Waals surface area (Å²) in [7, 11) is 3.12. The first-order chi connectivity index (χ1) is 7.93. The molecule has 0 heterocycles. The average Bonchev–Trinajstić information content (AvgIpc) is 2.30. The van der Waals surface area contributed by atoms with E-state index in [4.69, 9.17) is 15.2 Å². The van der Waals surface area contributed by atoms with Crippen molar-refractivity contribution < 1.29 is 19.4 Å². The highest BCUT2D eigenvalue weighted by molar-refractivity contribution is 5.81. The molecule has 102 valence electrons. The zero-order chi connectivity index (χ0) is 13.3. The highest BCUT2D eigenvalue weighted by Crippen LogP contribution is 2.07. The highest BCUT2D eigenvalue weighted by atomic mass is 16.5. The van der Waals surface area contributed by atoms with E-state index in [1.165, 1.54) is 0 Å². The summed E-state index contributed by atoms with van der Waals surface area (Å²) >= 11 is 0. The number of carbonyl (C=O) groups is 1. The molecular formula is C11H24N2O4. The molecule has 0 aromatic heterocycles. The molecule has 0 aromatic carbocycles. The predicted octanol–water partition coefficient (Wildman–Crippen LogP) is -0.746. The minimum atomic E-state index is -0.980. The topological polar surface area (TPSA) is 93.8 Å². The lowest BCUT2D eigenvalue weighted by molar-refractivity contribution is -0.124. The van der Waals surface area contributed by atoms with Gasteiger partial charge in [-0.25, -0.2) is 0 Å². The standard InChI is InChI=1S/C11H24N2O4/c1-11(15,5-7-17-3)8-13-10(14)9(12)4-6-16-2/h9,15H,4-8,12H2,1-3H3,(H,13,14). The molecule has 0 aliphatic carbocycles. The number of nitrogens with two attached hydrogens (primary N) is 1. The summed E-state index contributed by atoms with van der Waals surface area (Å²) in [5, 5.41) is 12.5. The van der Waals surface area contributed by atoms with Gasteiger partial charge >= 0.3 is 0 Å². The number of rotatable bonds is 9. The largest absolute Gasteiger partial charge is 0.388 e. The lowest BCUT2D eigenvalue weighted by Crippen LogP contribution is -2.47. The summed E-state index contributed by atoms with van der Waals surface area (Å²) in [6, 6.07) is -0.604. The van der Waals surface area contributed by atoms with E-state index >= 15 is 0 Å². The fourth-order valence-corrected chi connectivity index (χ4v) is 1.19. The van der Waals surface area contributed by atoms with Crippen molar-refractivity contribution in [2.45, 2.75) is 31.4 Å². The Morgan fingerprint density at radius 1 is 1.41 bits per heavy atom. The number of hydrogen-bond donors (Lipinski definition) is 3. The molecule has 6 heteroatoms. The van der Waals surface area contributed by atoms with Gasteiger partial charge in [0.15, 0.2) is 0 Å². The first-order valence-electron chi connectivity index (χ1n) is 5.66. The smallest absolute Gasteiger partial charge is 0.237 e. The highest BCUT2D eigenvalue weighted by Gasteiger charge is 2.22. The first-order valence-corrected chi connectivity index (χ1v) is 5.66. The molecule has 0 saturated carbocycles. The van der Waals surface area contributed by atoms with Crippen molar-refractivity contribution in [2.75, 3.05) is 34.0 Å². The van der Waals surface area contributed by atoms with Crippen LogP contribution in [0.25, 0.3) is 0 Å². The maximum atomic E-state index is 11.5. The first kappa shape index (κ1) is 16.3. The van der Waals surface area contributed by atoms with Gasteiger partial charge in [-0.2, -0.15) is 0 Å². The summed E-state index contributed by atoms with van der Waals surface area (Å²) in [6.07, 6.45) is 0.916. The Hall–Kier alpha value is -0.690. The van der Waals surface area contributed by atoms with Gasteiger partial charge in [0.25, 0.3) is 0 Å². The second kappa shape index (κ2) is 8.41. The van der Waals surface area contributed by atoms with Crippen LogP contribution in [0, 0.1) is 0 Å². The van der Waals surface area contributed by atoms with Gasteiger partial charge in [0, 0.05) is 40.4 Å². The van der Waals surface area contributed by atoms with Crippen LogP contribution in [0.15, 0.2) is 0 Å². The second-order valence-corrected chi connectivity index (χ2v) is 4.35. The number of aliphatic hydroxyl groups is 1. The van der Waals surface area contributed by atoms with Crippen molar-refractivity contribution in [3.63, 3.8) is 0 Å². The fourth-order valence-electron chi connectivity index (χ4n) is 1.19. The molecule has 17 heavy (non-hydrogen) atoms. The van der Waals surface area contributed by atoms with Gasteiger partial charge in [-0.15, -0.1) is 0 Å². The molecule has 0 bridgehead atoms. The molecule has 0 fully saturated rings. The van der Waals surface area contributed by atoms with Crippen molar-refractivity contribution in [1.29, 1.82) is 0 Å². The van der Waals surface area contributed by atoms with E-state index in [1.54, 1.807) is 21.1 Å². The Morgan fingerprint density at radius 2 is 2.00 bits per heavy atom. The molecule has 0 radical (unpaired) electrons. The van der Waals surface area contributed by atoms with Crippen molar-refractivity contribution >= 4 is 5.91 Å². The van der Waals surface area contributed by atoms with Crippen LogP contribution in [0.3, 0.4) is 0 Å². The Morgan fingerprint density at radius 3 is 2.53 bits per heavy atom. The molecule has 0 saturated heterocycles. The van der Waals surface area contributed by atoms with Crippen LogP contribution in [0.4, 0.5) is 0 Å². The summed E-state index contributed by atoms with van der Waals surface area (Å²) in [5.41, 5.74) is 4.65. The van der Waals surface area contributed by atoms with Crippen LogP contribution in [0.2, 0.25) is 0 Å². The minimum absolute atomic E-state index is 0.163. The van der Waals surface area contributed by atoms with Crippen LogP contribution in [0.1, 0.15) is 19.8 Å². The fraction of sp³-hybridized carbons (Fsp3) is 0.909. The van der Waals surface area contributed by atoms with Crippen LogP contribution >= 0.6 is 0 Å². The van der Waals surface area contributed by atoms with E-state index in [1.807, 2.05) is 0 Å². The third-order valence-electron chi connectivity index (χ3n) is 2.46. The van der Waals surface area contributed by atoms with Gasteiger partial charge in [0.2, 0.25) is 5.91 Å². The van der Waals surface area contributed by atoms with Crippen LogP contribution < -0.4 is 11.1 Å². The monoisotopic (exact) mass is 248 g/mol. The quantitative estimate of drug-likeness (QED) is 0.499. The van der Waals surface area contributed by atoms with Crippen LogP contribution in [-0.4, -0.2) is 56.6 Å². The van der Waals surface area contributed by atoms with E-state index in [0.717, 1.165) is 0 Å². The van der Waals surface area contributed by atoms with Crippen LogP contribution in [-0.2, 0) is 14.3 Å². The lowest BCUT2D eigenvalue weighted by atomic mass is 10.0. The molecule has 0 aromatic rings. The van der Waals surface area contributed by atoms with Crippen molar-refractivity contribution in [3.05, 3.63) is 0 Å². The van der Waals surface area contributed by atoms with Crippen molar-refractivity contribution in [1.82, 2.24) is 5.32 Å². The van der Waals surface area contributed by atoms with Crippen LogP contribution in [0.5, 0.6) is 0 Å². The molecule has 0 rings (SSSR count). The predicted molar refractivity (Wildman–Crippen MR) is 64.6 cm³/mol. The number of methoxy groups -OCH3 is 2. The van der Waals surface area contributed by atoms with Gasteiger partial charge < -0.3 is 25.6 Å². The van der Waals surface area contributed by atoms with E-state index in [2.05, 4.69) is 5.32 Å². The lowest BCUT2D eigenvalue weighted by Gasteiger charge is -2.24. The van der Waals surface area contributed by atoms with Gasteiger partial charge in [0.1, 0.15) is 0 Å². The van der Waals surface area contributed by atoms with E-state index in [9.17, 15) is 9.90 Å². The number of hydrogen-bond acceptors (Lipinski definition) is 5. The number of nitrogens with one attached hydrogen (secondary N) is 1. The molecule has 1 amide bonds. The molecule has 2 atom stereocenters. The normalized spacial score (nSPS) is 16.3. The van der Waals surface area contributed by atoms with Crippen molar-refractivity contribution in [2.24, 2.45) is 5.73 Å². The summed E-state index contributed by atoms with van der Waals surface area (Å²) in [6.45, 7) is 2.69. The number of carbonyl (C=O) groups excluding carboxylic acids is 1. The maximum absolute atomic E-state index is 11.5. The third-order valence-corrected chi connectivity index (χ3v) is 2.46. The van der Waals surface area contributed by atoms with E-state index in [-0.39, 0.29) is 12.5 Å². The van der Waals surface area contributed by atoms with Gasteiger partial charge in [-0.1, -0.05) is 0 Å². The molecule has 0 aliphatic rings. The Labute approximate surface area is 102 Å². The number of ether oxygens (including phenoxy) is 2. The maximum Gasteiger partial charge on any atom is 0.237 e. The molecule has 6 nitrogen and oxygen atoms in total. The second-order valence-electron chi connectivity index (χ2n) is 4.35. The van der Waals surface area contributed by atoms with E-state index < -0.39 is 11.6 Å². The Bertz CT molecular complexity index is 222. The molecular weight excluding hydrogens is 224 g/mol. The summed E-state index contributed by atoms with van der Waals surface area (Å²) < 4.78 is 9.71. The summed E-state index contributed by atoms with van der Waals surface area (Å²) in [4.78, 5) is 11.5. The SMILES string of the molecule is COCCC(N)C(=O)NCC(C)(O)CCOC. The molecule has 0 spiro atoms. The van der Waals surface area contributed by atoms with Gasteiger partial charge in [-0.3, -0.25) is 4.79 Å². The van der Waals surface area contributed by atoms with Gasteiger partial charge in [0.05, 0.1) is 11.6 Å². The summed E-state index contributed by atoms with van der Waals surface area (Å²) in [5.74, 6) is -0.278. The Kier molecular flexibility index (Phi) is 8.07. The van der Waals surface area contributed by atoms with E-state index in [0.29, 0.717) is 26.1 Å². The molecule has 4 N–H and O–H groups in total.